The molecule has 0 aromatic heterocycles. The Bertz CT molecular complexity index is 3090. The van der Waals surface area contributed by atoms with Crippen LogP contribution < -0.4 is 5.73 Å². The Morgan fingerprint density at radius 2 is 0.837 bits per heavy atom. The number of ketones is 3. The Morgan fingerprint density at radius 3 is 1.07 bits per heavy atom. The van der Waals surface area contributed by atoms with Gasteiger partial charge in [0.2, 0.25) is 11.8 Å². The third-order valence-corrected chi connectivity index (χ3v) is 20.8. The standard InChI is InChI=1S/C9H16O3.C8H12F2O2.C8H15NO3.C8H11NO2.C8H12O3.C7H11NO.C7H11N.C6H7F2N.C6H9NO.C6H7NO.C3H5N/c1-7(11)8(2)4-9(5-8,6-10)12-3;1-3-12-6(11)7(2)4-8(9,10)5-7;1-7(6(9)11)3-8(4-7,5-10)12-2;1-7(6-9)4-8(5-7)10-2-3-11-8;1-3-11-7(10)8(2)4-6(9)5-8;1-7(5-8)3-6(4-7)9-2;1-6-3-7(2,4-6)5-8;1-5(4-9)2-6(7,8)3-5;2*1-6(4-7)2-5(8)3-6;1-2-3-4/h10H,4-6H2,1-3H3;3-5H2,1-2H3;10H,3-5H2,1-2H3,(H2,9,11);2-5H2,1H3;3-5H2,1-2H3;6H,3-4H2,1-2H3;6H,3-4H2,1-2H3;2-3H2,1H3;5,8H,2-3H2,1H3;2-3H2,1H3;2H2,1H3. The molecule has 1 aliphatic heterocycles. The van der Waals surface area contributed by atoms with E-state index in [1.807, 2.05) is 60.6 Å². The predicted octanol–water partition coefficient (Wildman–Crippen LogP) is 12.0. The van der Waals surface area contributed by atoms with Crippen LogP contribution >= 0.6 is 0 Å². The topological polar surface area (TPSA) is 420 Å². The molecule has 11 aliphatic rings. The van der Waals surface area contributed by atoms with Crippen molar-refractivity contribution in [1.82, 2.24) is 0 Å². The number of nitrogens with two attached hydrogens (primary N) is 1. The smallest absolute Gasteiger partial charge is 0.312 e. The van der Waals surface area contributed by atoms with E-state index in [0.717, 1.165) is 44.4 Å². The molecule has 584 valence electrons. The minimum atomic E-state index is -2.67. The quantitative estimate of drug-likeness (QED) is 0.110. The van der Waals surface area contributed by atoms with Gasteiger partial charge in [-0.1, -0.05) is 27.7 Å². The summed E-state index contributed by atoms with van der Waals surface area (Å²) in [4.78, 5) is 65.2. The van der Waals surface area contributed by atoms with Gasteiger partial charge in [-0.2, -0.15) is 36.8 Å². The molecular weight excluding hydrogens is 1360 g/mol. The second-order valence-corrected chi connectivity index (χ2v) is 33.0. The van der Waals surface area contributed by atoms with Gasteiger partial charge in [-0.3, -0.25) is 28.8 Å². The van der Waals surface area contributed by atoms with Gasteiger partial charge in [-0.15, -0.1) is 0 Å². The molecule has 28 heteroatoms. The minimum Gasteiger partial charge on any atom is -0.466 e. The van der Waals surface area contributed by atoms with Crippen LogP contribution in [0.3, 0.4) is 0 Å². The molecular formula is C76H116F4N8O16. The lowest BCUT2D eigenvalue weighted by molar-refractivity contribution is -0.244. The van der Waals surface area contributed by atoms with E-state index in [-0.39, 0.29) is 119 Å². The number of carbonyl (C=O) groups is 6. The molecule has 0 unspecified atom stereocenters. The maximum Gasteiger partial charge on any atom is 0.312 e. The van der Waals surface area contributed by atoms with Gasteiger partial charge in [0, 0.05) is 97.4 Å². The number of primary amides is 1. The van der Waals surface area contributed by atoms with E-state index < -0.39 is 50.7 Å². The lowest BCUT2D eigenvalue weighted by Gasteiger charge is -2.51. The van der Waals surface area contributed by atoms with E-state index >= 15 is 0 Å². The Labute approximate surface area is 613 Å². The highest BCUT2D eigenvalue weighted by Gasteiger charge is 2.60. The molecule has 11 rings (SSSR count). The molecule has 10 saturated carbocycles. The fourth-order valence-corrected chi connectivity index (χ4v) is 14.4. The number of aliphatic hydroxyl groups is 3. The first-order chi connectivity index (χ1) is 47.7. The molecule has 0 aromatic carbocycles. The number of amides is 1. The van der Waals surface area contributed by atoms with Gasteiger partial charge in [0.15, 0.2) is 5.79 Å². The number of carbonyl (C=O) groups excluding carboxylic acids is 6. The molecule has 0 radical (unpaired) electrons. The molecule has 1 heterocycles. The van der Waals surface area contributed by atoms with Crippen LogP contribution in [-0.2, 0) is 61.9 Å². The number of alkyl halides is 4. The zero-order chi connectivity index (χ0) is 80.7. The lowest BCUT2D eigenvalue weighted by atomic mass is 9.58. The summed E-state index contributed by atoms with van der Waals surface area (Å²) in [5, 5.41) is 85.2. The molecule has 10 aliphatic carbocycles. The van der Waals surface area contributed by atoms with Crippen LogP contribution in [0.15, 0.2) is 0 Å². The Hall–Kier alpha value is -6.75. The fourth-order valence-electron chi connectivity index (χ4n) is 14.4. The number of halogens is 4. The van der Waals surface area contributed by atoms with E-state index in [0.29, 0.717) is 96.6 Å². The van der Waals surface area contributed by atoms with Gasteiger partial charge in [-0.25, -0.2) is 17.6 Å². The van der Waals surface area contributed by atoms with Crippen molar-refractivity contribution in [2.75, 3.05) is 61.0 Å². The van der Waals surface area contributed by atoms with Gasteiger partial charge in [0.1, 0.15) is 17.3 Å². The van der Waals surface area contributed by atoms with Crippen LogP contribution in [-0.4, -0.2) is 153 Å². The fraction of sp³-hybridized carbons (Fsp3) is 0.829. The van der Waals surface area contributed by atoms with Crippen molar-refractivity contribution >= 4 is 35.2 Å². The van der Waals surface area contributed by atoms with Crippen molar-refractivity contribution in [2.24, 2.45) is 65.8 Å². The summed E-state index contributed by atoms with van der Waals surface area (Å²) < 4.78 is 84.6. The van der Waals surface area contributed by atoms with Crippen LogP contribution in [0.2, 0.25) is 0 Å². The number of hydrogen-bond donors (Lipinski definition) is 4. The maximum atomic E-state index is 12.4. The van der Waals surface area contributed by atoms with Crippen LogP contribution in [0.1, 0.15) is 239 Å². The summed E-state index contributed by atoms with van der Waals surface area (Å²) in [6, 6.07) is 14.9. The second-order valence-electron chi connectivity index (χ2n) is 33.0. The molecule has 0 atom stereocenters. The van der Waals surface area contributed by atoms with E-state index in [1.54, 1.807) is 55.8 Å². The highest BCUT2D eigenvalue weighted by molar-refractivity contribution is 5.97. The molecule has 1 amide bonds. The van der Waals surface area contributed by atoms with Crippen LogP contribution in [0.4, 0.5) is 17.6 Å². The monoisotopic (exact) mass is 1470 g/mol. The first-order valence-corrected chi connectivity index (χ1v) is 35.3. The van der Waals surface area contributed by atoms with Gasteiger partial charge < -0.3 is 54.2 Å². The summed E-state index contributed by atoms with van der Waals surface area (Å²) in [6.45, 7) is 29.2. The highest BCUT2D eigenvalue weighted by Crippen LogP contribution is 2.55. The van der Waals surface area contributed by atoms with Crippen molar-refractivity contribution in [3.8, 4) is 42.5 Å². The summed E-state index contributed by atoms with van der Waals surface area (Å²) in [7, 11) is 4.81. The summed E-state index contributed by atoms with van der Waals surface area (Å²) in [6.07, 6.45) is 10.2. The van der Waals surface area contributed by atoms with Crippen molar-refractivity contribution in [1.29, 1.82) is 36.8 Å². The number of nitrogens with zero attached hydrogens (tertiary/aromatic N) is 7. The third kappa shape index (κ3) is 27.5. The average Bonchev–Trinajstić information content (AvgIpc) is 1.26. The SMILES string of the molecule is CC1(C#N)CC(=O)C1.CC1(C#N)CC(F)(F)C1.CC1(C#N)CC(O)C1.CC1(C#N)CC2(C1)OCCO2.CC1CC(C)(C#N)C1.CCC#N.CCOC(=O)C1(C)CC(=O)C1.CCOC(=O)C1(C)CC(F)(F)C1.COC1(CO)CC(C)(C(C)=O)C1.COC1(CO)CC(C)(C(N)=O)C1.COC1CC(C)(C#N)C1. The predicted molar refractivity (Wildman–Crippen MR) is 370 cm³/mol. The number of nitriles is 7. The molecule has 1 spiro atoms. The first-order valence-electron chi connectivity index (χ1n) is 35.3. The molecule has 104 heavy (non-hydrogen) atoms. The molecule has 1 saturated heterocycles. The van der Waals surface area contributed by atoms with E-state index in [2.05, 4.69) is 42.0 Å². The highest BCUT2D eigenvalue weighted by atomic mass is 19.3. The summed E-state index contributed by atoms with van der Waals surface area (Å²) >= 11 is 0. The number of Topliss-reactive ketones (excluding diaryl/α,β-unsaturated/α-hetero) is 3. The third-order valence-electron chi connectivity index (χ3n) is 20.8. The molecule has 0 aromatic rings. The first kappa shape index (κ1) is 95.3. The number of esters is 2. The average molecular weight is 1470 g/mol. The zero-order valence-electron chi connectivity index (χ0n) is 64.7. The number of aliphatic hydroxyl groups excluding tert-OH is 3. The summed E-state index contributed by atoms with van der Waals surface area (Å²) in [5.74, 6) is -5.31. The minimum absolute atomic E-state index is 0.00632. The number of ether oxygens (including phenoxy) is 7. The van der Waals surface area contributed by atoms with Crippen LogP contribution in [0.5, 0.6) is 0 Å². The Morgan fingerprint density at radius 1 is 0.500 bits per heavy atom. The van der Waals surface area contributed by atoms with Gasteiger partial charge in [-0.05, 0) is 146 Å². The van der Waals surface area contributed by atoms with Gasteiger partial charge in [0.25, 0.3) is 5.92 Å². The van der Waals surface area contributed by atoms with Crippen LogP contribution in [0, 0.1) is 139 Å². The molecule has 0 bridgehead atoms. The zero-order valence-corrected chi connectivity index (χ0v) is 64.7. The number of rotatable bonds is 11. The normalized spacial score (nSPS) is 32.6. The lowest BCUT2D eigenvalue weighted by Crippen LogP contribution is -2.59. The number of methoxy groups -OCH3 is 3. The van der Waals surface area contributed by atoms with Gasteiger partial charge >= 0.3 is 11.9 Å². The van der Waals surface area contributed by atoms with Crippen LogP contribution in [0.25, 0.3) is 0 Å². The molecule has 24 nitrogen and oxygen atoms in total. The number of hydrogen-bond acceptors (Lipinski definition) is 23. The van der Waals surface area contributed by atoms with E-state index in [1.165, 1.54) is 14.0 Å². The van der Waals surface area contributed by atoms with Crippen molar-refractivity contribution in [3.05, 3.63) is 0 Å². The van der Waals surface area contributed by atoms with Crippen molar-refractivity contribution < 1.29 is 94.8 Å². The molecule has 11 fully saturated rings. The second kappa shape index (κ2) is 38.2. The largest absolute Gasteiger partial charge is 0.466 e. The maximum absolute atomic E-state index is 12.4. The Kier molecular flexibility index (Phi) is 35.0. The molecule has 5 N–H and O–H groups in total. The van der Waals surface area contributed by atoms with Crippen molar-refractivity contribution in [2.45, 2.75) is 280 Å². The summed E-state index contributed by atoms with van der Waals surface area (Å²) in [5.41, 5.74) is 0.505. The Balaban J connectivity index is 0.000000576. The van der Waals surface area contributed by atoms with E-state index in [4.69, 9.17) is 86.3 Å². The van der Waals surface area contributed by atoms with E-state index in [9.17, 15) is 46.3 Å². The van der Waals surface area contributed by atoms with Gasteiger partial charge in [0.05, 0.1) is 154 Å². The van der Waals surface area contributed by atoms with Crippen molar-refractivity contribution in [3.63, 3.8) is 0 Å².